The van der Waals surface area contributed by atoms with Crippen molar-refractivity contribution in [3.8, 4) is 0 Å². The molecule has 0 aliphatic rings. The number of thioether (sulfide) groups is 1. The normalized spacial score (nSPS) is 10.1. The van der Waals surface area contributed by atoms with Crippen LogP contribution in [0.2, 0.25) is 0 Å². The highest BCUT2D eigenvalue weighted by molar-refractivity contribution is 7.99. The highest BCUT2D eigenvalue weighted by atomic mass is 32.2. The lowest BCUT2D eigenvalue weighted by molar-refractivity contribution is 0.908. The molecule has 0 atom stereocenters. The van der Waals surface area contributed by atoms with Crippen LogP contribution in [0.4, 0.5) is 0 Å². The van der Waals surface area contributed by atoms with Gasteiger partial charge in [-0.3, -0.25) is 0 Å². The van der Waals surface area contributed by atoms with Crippen molar-refractivity contribution < 1.29 is 0 Å². The molecule has 0 aromatic carbocycles. The lowest BCUT2D eigenvalue weighted by atomic mass is 10.4. The highest BCUT2D eigenvalue weighted by Gasteiger charge is 1.92. The van der Waals surface area contributed by atoms with Gasteiger partial charge in [0.05, 0.1) is 5.03 Å². The van der Waals surface area contributed by atoms with Crippen LogP contribution >= 0.6 is 24.4 Å². The zero-order chi connectivity index (χ0) is 8.65. The second kappa shape index (κ2) is 6.38. The first-order valence-corrected chi connectivity index (χ1v) is 5.70. The van der Waals surface area contributed by atoms with Crippen LogP contribution in [0.25, 0.3) is 0 Å². The molecule has 0 saturated carbocycles. The van der Waals surface area contributed by atoms with Crippen LogP contribution in [0.3, 0.4) is 0 Å². The SMILES string of the molecule is SCCCCSc1ccccn1. The van der Waals surface area contributed by atoms with E-state index >= 15 is 0 Å². The second-order valence-corrected chi connectivity index (χ2v) is 4.01. The van der Waals surface area contributed by atoms with Crippen molar-refractivity contribution in [3.63, 3.8) is 0 Å². The molecule has 0 aliphatic heterocycles. The van der Waals surface area contributed by atoms with E-state index in [2.05, 4.69) is 17.6 Å². The largest absolute Gasteiger partial charge is 0.250 e. The van der Waals surface area contributed by atoms with E-state index in [1.165, 1.54) is 12.8 Å². The molecule has 1 heterocycles. The summed E-state index contributed by atoms with van der Waals surface area (Å²) in [5, 5.41) is 1.12. The molecule has 0 bridgehead atoms. The van der Waals surface area contributed by atoms with Gasteiger partial charge in [-0.2, -0.15) is 12.6 Å². The summed E-state index contributed by atoms with van der Waals surface area (Å²) in [7, 11) is 0. The maximum atomic E-state index is 4.22. The Morgan fingerprint density at radius 3 is 2.92 bits per heavy atom. The Kier molecular flexibility index (Phi) is 5.28. The van der Waals surface area contributed by atoms with E-state index in [0.29, 0.717) is 0 Å². The monoisotopic (exact) mass is 199 g/mol. The minimum Gasteiger partial charge on any atom is -0.250 e. The summed E-state index contributed by atoms with van der Waals surface area (Å²) in [5.41, 5.74) is 0. The lowest BCUT2D eigenvalue weighted by Gasteiger charge is -1.98. The number of rotatable bonds is 5. The summed E-state index contributed by atoms with van der Waals surface area (Å²) < 4.78 is 0. The third-order valence-electron chi connectivity index (χ3n) is 1.44. The molecule has 1 aromatic rings. The number of nitrogens with zero attached hydrogens (tertiary/aromatic N) is 1. The minimum atomic E-state index is 0.989. The third kappa shape index (κ3) is 4.02. The van der Waals surface area contributed by atoms with Gasteiger partial charge in [0.1, 0.15) is 0 Å². The first-order valence-electron chi connectivity index (χ1n) is 4.08. The number of hydrogen-bond donors (Lipinski definition) is 1. The van der Waals surface area contributed by atoms with Crippen LogP contribution in [0.15, 0.2) is 29.4 Å². The highest BCUT2D eigenvalue weighted by Crippen LogP contribution is 2.15. The number of unbranched alkanes of at least 4 members (excludes halogenated alkanes) is 1. The Morgan fingerprint density at radius 1 is 1.33 bits per heavy atom. The van der Waals surface area contributed by atoms with Crippen molar-refractivity contribution in [2.45, 2.75) is 17.9 Å². The molecular formula is C9H13NS2. The Morgan fingerprint density at radius 2 is 2.25 bits per heavy atom. The lowest BCUT2D eigenvalue weighted by Crippen LogP contribution is -1.83. The van der Waals surface area contributed by atoms with Crippen molar-refractivity contribution in [2.24, 2.45) is 0 Å². The molecule has 0 spiro atoms. The molecular weight excluding hydrogens is 186 g/mol. The predicted octanol–water partition coefficient (Wildman–Crippen LogP) is 2.88. The van der Waals surface area contributed by atoms with Crippen molar-refractivity contribution in [1.82, 2.24) is 4.98 Å². The average molecular weight is 199 g/mol. The minimum absolute atomic E-state index is 0.989. The maximum Gasteiger partial charge on any atom is 0.0959 e. The number of aromatic nitrogens is 1. The third-order valence-corrected chi connectivity index (χ3v) is 2.79. The molecule has 0 amide bonds. The molecule has 66 valence electrons. The van der Waals surface area contributed by atoms with Crippen LogP contribution in [0.5, 0.6) is 0 Å². The molecule has 3 heteroatoms. The van der Waals surface area contributed by atoms with Gasteiger partial charge >= 0.3 is 0 Å². The molecule has 0 saturated heterocycles. The Bertz CT molecular complexity index is 201. The van der Waals surface area contributed by atoms with Gasteiger partial charge in [-0.1, -0.05) is 6.07 Å². The summed E-state index contributed by atoms with van der Waals surface area (Å²) in [4.78, 5) is 4.22. The van der Waals surface area contributed by atoms with Gasteiger partial charge < -0.3 is 0 Å². The average Bonchev–Trinajstić information content (AvgIpc) is 2.14. The summed E-state index contributed by atoms with van der Waals surface area (Å²) in [6.45, 7) is 0. The van der Waals surface area contributed by atoms with Gasteiger partial charge in [0.25, 0.3) is 0 Å². The van der Waals surface area contributed by atoms with Crippen molar-refractivity contribution in [2.75, 3.05) is 11.5 Å². The molecule has 0 aliphatic carbocycles. The molecule has 0 unspecified atom stereocenters. The molecule has 1 nitrogen and oxygen atoms in total. The van der Waals surface area contributed by atoms with Crippen LogP contribution in [0, 0.1) is 0 Å². The number of thiol groups is 1. The topological polar surface area (TPSA) is 12.9 Å². The van der Waals surface area contributed by atoms with Crippen molar-refractivity contribution in [1.29, 1.82) is 0 Å². The predicted molar refractivity (Wildman–Crippen MR) is 58.0 cm³/mol. The smallest absolute Gasteiger partial charge is 0.0959 e. The fourth-order valence-electron chi connectivity index (χ4n) is 0.823. The van der Waals surface area contributed by atoms with Crippen LogP contribution in [-0.2, 0) is 0 Å². The van der Waals surface area contributed by atoms with E-state index < -0.39 is 0 Å². The fourth-order valence-corrected chi connectivity index (χ4v) is 1.91. The quantitative estimate of drug-likeness (QED) is 0.445. The molecule has 1 aromatic heterocycles. The van der Waals surface area contributed by atoms with Crippen LogP contribution in [-0.4, -0.2) is 16.5 Å². The summed E-state index contributed by atoms with van der Waals surface area (Å²) in [6, 6.07) is 6.01. The van der Waals surface area contributed by atoms with E-state index in [9.17, 15) is 0 Å². The van der Waals surface area contributed by atoms with E-state index in [1.807, 2.05) is 36.2 Å². The standard InChI is InChI=1S/C9H13NS2/c11-7-3-4-8-12-9-5-1-2-6-10-9/h1-2,5-6,11H,3-4,7-8H2. The number of pyridine rings is 1. The van der Waals surface area contributed by atoms with Gasteiger partial charge in [-0.05, 0) is 36.5 Å². The molecule has 0 fully saturated rings. The van der Waals surface area contributed by atoms with Gasteiger partial charge in [0.2, 0.25) is 0 Å². The summed E-state index contributed by atoms with van der Waals surface area (Å²) in [5.74, 6) is 2.14. The number of hydrogen-bond acceptors (Lipinski definition) is 3. The molecule has 0 N–H and O–H groups in total. The van der Waals surface area contributed by atoms with E-state index in [0.717, 1.165) is 16.5 Å². The first kappa shape index (κ1) is 9.93. The Hall–Kier alpha value is -0.150. The van der Waals surface area contributed by atoms with E-state index in [4.69, 9.17) is 0 Å². The zero-order valence-electron chi connectivity index (χ0n) is 6.94. The molecule has 0 radical (unpaired) electrons. The van der Waals surface area contributed by atoms with E-state index in [1.54, 1.807) is 0 Å². The van der Waals surface area contributed by atoms with Crippen molar-refractivity contribution in [3.05, 3.63) is 24.4 Å². The van der Waals surface area contributed by atoms with Gasteiger partial charge in [0.15, 0.2) is 0 Å². The molecule has 1 rings (SSSR count). The van der Waals surface area contributed by atoms with Gasteiger partial charge in [0, 0.05) is 6.20 Å². The fraction of sp³-hybridized carbons (Fsp3) is 0.444. The summed E-state index contributed by atoms with van der Waals surface area (Å²) >= 11 is 5.97. The van der Waals surface area contributed by atoms with Crippen LogP contribution < -0.4 is 0 Å². The first-order chi connectivity index (χ1) is 5.93. The Balaban J connectivity index is 2.16. The Labute approximate surface area is 83.4 Å². The van der Waals surface area contributed by atoms with E-state index in [-0.39, 0.29) is 0 Å². The summed E-state index contributed by atoms with van der Waals surface area (Å²) in [6.07, 6.45) is 4.26. The maximum absolute atomic E-state index is 4.22. The van der Waals surface area contributed by atoms with Crippen molar-refractivity contribution >= 4 is 24.4 Å². The van der Waals surface area contributed by atoms with Crippen LogP contribution in [0.1, 0.15) is 12.8 Å². The van der Waals surface area contributed by atoms with Gasteiger partial charge in [-0.25, -0.2) is 4.98 Å². The van der Waals surface area contributed by atoms with Gasteiger partial charge in [-0.15, -0.1) is 11.8 Å². The zero-order valence-corrected chi connectivity index (χ0v) is 8.65. The molecule has 12 heavy (non-hydrogen) atoms. The second-order valence-electron chi connectivity index (χ2n) is 2.45.